The maximum Gasteiger partial charge on any atom is 0.191 e. The summed E-state index contributed by atoms with van der Waals surface area (Å²) in [7, 11) is 1.79. The number of aryl methyl sites for hydroxylation is 3. The van der Waals surface area contributed by atoms with Crippen LogP contribution < -0.4 is 10.6 Å². The van der Waals surface area contributed by atoms with Gasteiger partial charge in [0, 0.05) is 16.8 Å². The third-order valence-corrected chi connectivity index (χ3v) is 5.18. The molecule has 0 aliphatic heterocycles. The highest BCUT2D eigenvalue weighted by Gasteiger charge is 2.05. The molecule has 0 unspecified atom stereocenters. The fraction of sp³-hybridized carbons (Fsp3) is 0.429. The molecule has 2 aromatic heterocycles. The van der Waals surface area contributed by atoms with Gasteiger partial charge in [-0.1, -0.05) is 0 Å². The van der Waals surface area contributed by atoms with Crippen molar-refractivity contribution in [3.8, 4) is 0 Å². The highest BCUT2D eigenvalue weighted by Crippen LogP contribution is 2.16. The molecule has 0 saturated carbocycles. The number of guanidine groups is 1. The van der Waals surface area contributed by atoms with Crippen molar-refractivity contribution in [2.75, 3.05) is 7.05 Å². The van der Waals surface area contributed by atoms with Gasteiger partial charge in [0.1, 0.15) is 5.01 Å². The molecular formula is C14H20N4S2. The number of thiophene rings is 1. The van der Waals surface area contributed by atoms with Crippen LogP contribution in [-0.2, 0) is 13.1 Å². The summed E-state index contributed by atoms with van der Waals surface area (Å²) in [5.41, 5.74) is 2.44. The topological polar surface area (TPSA) is 49.3 Å². The Hall–Kier alpha value is -1.40. The fourth-order valence-corrected chi connectivity index (χ4v) is 3.46. The normalized spacial score (nSPS) is 11.7. The average molecular weight is 308 g/mol. The largest absolute Gasteiger partial charge is 0.352 e. The van der Waals surface area contributed by atoms with E-state index in [4.69, 9.17) is 0 Å². The van der Waals surface area contributed by atoms with Crippen molar-refractivity contribution in [3.63, 3.8) is 0 Å². The lowest BCUT2D eigenvalue weighted by Crippen LogP contribution is -2.36. The van der Waals surface area contributed by atoms with Crippen LogP contribution in [0.25, 0.3) is 0 Å². The van der Waals surface area contributed by atoms with Crippen molar-refractivity contribution in [1.82, 2.24) is 15.6 Å². The quantitative estimate of drug-likeness (QED) is 0.674. The Morgan fingerprint density at radius 1 is 1.25 bits per heavy atom. The van der Waals surface area contributed by atoms with Crippen molar-refractivity contribution in [3.05, 3.63) is 37.5 Å². The number of aromatic nitrogens is 1. The summed E-state index contributed by atoms with van der Waals surface area (Å²) >= 11 is 3.50. The van der Waals surface area contributed by atoms with Crippen molar-refractivity contribution in [2.24, 2.45) is 4.99 Å². The summed E-state index contributed by atoms with van der Waals surface area (Å²) in [6, 6.07) is 2.14. The molecule has 108 valence electrons. The first kappa shape index (κ1) is 15.0. The minimum atomic E-state index is 0.711. The van der Waals surface area contributed by atoms with E-state index in [0.717, 1.165) is 23.2 Å². The van der Waals surface area contributed by atoms with E-state index in [2.05, 4.69) is 45.9 Å². The minimum Gasteiger partial charge on any atom is -0.352 e. The van der Waals surface area contributed by atoms with Gasteiger partial charge in [-0.2, -0.15) is 0 Å². The Bertz CT molecular complexity index is 579. The van der Waals surface area contributed by atoms with Gasteiger partial charge in [0.25, 0.3) is 0 Å². The maximum absolute atomic E-state index is 4.52. The van der Waals surface area contributed by atoms with Crippen LogP contribution in [0.15, 0.2) is 16.4 Å². The molecule has 2 N–H and O–H groups in total. The van der Waals surface area contributed by atoms with Crippen molar-refractivity contribution in [1.29, 1.82) is 0 Å². The molecule has 0 amide bonds. The predicted molar refractivity (Wildman–Crippen MR) is 87.7 cm³/mol. The molecule has 2 rings (SSSR count). The summed E-state index contributed by atoms with van der Waals surface area (Å²) in [6.07, 6.45) is 0. The lowest BCUT2D eigenvalue weighted by Gasteiger charge is -2.10. The average Bonchev–Trinajstić information content (AvgIpc) is 2.97. The first-order valence-electron chi connectivity index (χ1n) is 6.50. The summed E-state index contributed by atoms with van der Waals surface area (Å²) < 4.78 is 0. The number of nitrogens with one attached hydrogen (secondary N) is 2. The molecule has 2 aromatic rings. The smallest absolute Gasteiger partial charge is 0.191 e. The second-order valence-electron chi connectivity index (χ2n) is 4.56. The van der Waals surface area contributed by atoms with Crippen LogP contribution in [0.5, 0.6) is 0 Å². The predicted octanol–water partition coefficient (Wildman–Crippen LogP) is 3.00. The van der Waals surface area contributed by atoms with E-state index in [-0.39, 0.29) is 0 Å². The van der Waals surface area contributed by atoms with Crippen LogP contribution in [0.4, 0.5) is 0 Å². The van der Waals surface area contributed by atoms with E-state index in [9.17, 15) is 0 Å². The number of aliphatic imine (C=N–C) groups is 1. The maximum atomic E-state index is 4.52. The van der Waals surface area contributed by atoms with Gasteiger partial charge in [-0.15, -0.1) is 22.7 Å². The Kier molecular flexibility index (Phi) is 5.14. The summed E-state index contributed by atoms with van der Waals surface area (Å²) in [5, 5.41) is 9.84. The fourth-order valence-electron chi connectivity index (χ4n) is 1.74. The number of rotatable bonds is 4. The van der Waals surface area contributed by atoms with Gasteiger partial charge in [0.15, 0.2) is 5.96 Å². The molecule has 0 spiro atoms. The number of nitrogens with zero attached hydrogens (tertiary/aromatic N) is 2. The van der Waals surface area contributed by atoms with E-state index < -0.39 is 0 Å². The van der Waals surface area contributed by atoms with E-state index >= 15 is 0 Å². The SMILES string of the molecule is CN=C(NCc1nc(C)c(C)s1)NCc1sccc1C. The summed E-state index contributed by atoms with van der Waals surface area (Å²) in [5.74, 6) is 0.809. The lowest BCUT2D eigenvalue weighted by molar-refractivity contribution is 0.807. The third kappa shape index (κ3) is 3.80. The zero-order valence-electron chi connectivity index (χ0n) is 12.3. The number of thiazole rings is 1. The van der Waals surface area contributed by atoms with Crippen molar-refractivity contribution >= 4 is 28.6 Å². The Morgan fingerprint density at radius 2 is 2.00 bits per heavy atom. The lowest BCUT2D eigenvalue weighted by atomic mass is 10.3. The molecule has 6 heteroatoms. The third-order valence-electron chi connectivity index (χ3n) is 3.09. The van der Waals surface area contributed by atoms with Crippen LogP contribution in [0.2, 0.25) is 0 Å². The zero-order valence-corrected chi connectivity index (χ0v) is 13.9. The van der Waals surface area contributed by atoms with Gasteiger partial charge in [-0.05, 0) is 37.8 Å². The summed E-state index contributed by atoms with van der Waals surface area (Å²) in [4.78, 5) is 11.4. The van der Waals surface area contributed by atoms with Gasteiger partial charge < -0.3 is 10.6 Å². The molecule has 0 aliphatic rings. The monoisotopic (exact) mass is 308 g/mol. The molecule has 0 saturated heterocycles. The van der Waals surface area contributed by atoms with Crippen LogP contribution in [0.1, 0.15) is 26.0 Å². The minimum absolute atomic E-state index is 0.711. The molecule has 2 heterocycles. The molecule has 0 aliphatic carbocycles. The Balaban J connectivity index is 1.85. The number of hydrogen-bond donors (Lipinski definition) is 2. The first-order valence-corrected chi connectivity index (χ1v) is 8.20. The van der Waals surface area contributed by atoms with Gasteiger partial charge in [-0.25, -0.2) is 4.98 Å². The van der Waals surface area contributed by atoms with Crippen LogP contribution in [-0.4, -0.2) is 18.0 Å². The van der Waals surface area contributed by atoms with E-state index in [1.807, 2.05) is 6.92 Å². The highest BCUT2D eigenvalue weighted by molar-refractivity contribution is 7.11. The molecule has 0 atom stereocenters. The van der Waals surface area contributed by atoms with Gasteiger partial charge in [-0.3, -0.25) is 4.99 Å². The molecule has 0 bridgehead atoms. The van der Waals surface area contributed by atoms with E-state index in [0.29, 0.717) is 6.54 Å². The molecule has 0 radical (unpaired) electrons. The highest BCUT2D eigenvalue weighted by atomic mass is 32.1. The summed E-state index contributed by atoms with van der Waals surface area (Å²) in [6.45, 7) is 7.79. The molecule has 0 fully saturated rings. The molecule has 0 aromatic carbocycles. The number of hydrogen-bond acceptors (Lipinski definition) is 4. The van der Waals surface area contributed by atoms with Crippen LogP contribution in [0.3, 0.4) is 0 Å². The zero-order chi connectivity index (χ0) is 14.5. The second kappa shape index (κ2) is 6.85. The van der Waals surface area contributed by atoms with Crippen LogP contribution in [0, 0.1) is 20.8 Å². The van der Waals surface area contributed by atoms with Gasteiger partial charge in [0.05, 0.1) is 18.8 Å². The standard InChI is InChI=1S/C14H20N4S2/c1-9-5-6-19-12(9)7-16-14(15-4)17-8-13-18-10(2)11(3)20-13/h5-6H,7-8H2,1-4H3,(H2,15,16,17). The second-order valence-corrected chi connectivity index (χ2v) is 6.84. The van der Waals surface area contributed by atoms with Crippen molar-refractivity contribution in [2.45, 2.75) is 33.9 Å². The van der Waals surface area contributed by atoms with E-state index in [1.165, 1.54) is 15.3 Å². The Morgan fingerprint density at radius 3 is 2.55 bits per heavy atom. The molecule has 20 heavy (non-hydrogen) atoms. The van der Waals surface area contributed by atoms with Gasteiger partial charge >= 0.3 is 0 Å². The molecule has 4 nitrogen and oxygen atoms in total. The van der Waals surface area contributed by atoms with Gasteiger partial charge in [0.2, 0.25) is 0 Å². The van der Waals surface area contributed by atoms with E-state index in [1.54, 1.807) is 29.7 Å². The Labute approximate surface area is 128 Å². The first-order chi connectivity index (χ1) is 9.60. The molecular weight excluding hydrogens is 288 g/mol. The van der Waals surface area contributed by atoms with Crippen LogP contribution >= 0.6 is 22.7 Å². The van der Waals surface area contributed by atoms with Crippen molar-refractivity contribution < 1.29 is 0 Å².